The third kappa shape index (κ3) is 2.52. The van der Waals surface area contributed by atoms with E-state index in [1.165, 1.54) is 6.07 Å². The number of fused-ring (bicyclic) bond motifs is 1. The summed E-state index contributed by atoms with van der Waals surface area (Å²) in [4.78, 5) is 0. The molecule has 0 bridgehead atoms. The quantitative estimate of drug-likeness (QED) is 0.388. The molecule has 1 aliphatic rings. The van der Waals surface area contributed by atoms with Crippen LogP contribution in [0, 0.1) is 5.82 Å². The average Bonchev–Trinajstić information content (AvgIpc) is 2.90. The van der Waals surface area contributed by atoms with Gasteiger partial charge in [-0.1, -0.05) is 29.8 Å². The Kier molecular flexibility index (Phi) is 3.43. The Morgan fingerprint density at radius 3 is 2.90 bits per heavy atom. The summed E-state index contributed by atoms with van der Waals surface area (Å²) in [5.74, 6) is 5.48. The molecule has 0 saturated carbocycles. The molecule has 21 heavy (non-hydrogen) atoms. The van der Waals surface area contributed by atoms with Crippen molar-refractivity contribution in [3.63, 3.8) is 0 Å². The molecule has 0 radical (unpaired) electrons. The molecule has 0 fully saturated rings. The number of amidine groups is 1. The van der Waals surface area contributed by atoms with Gasteiger partial charge in [-0.25, -0.2) is 4.39 Å². The van der Waals surface area contributed by atoms with Gasteiger partial charge in [0.1, 0.15) is 23.5 Å². The second-order valence-electron chi connectivity index (χ2n) is 4.82. The molecule has 1 atom stereocenters. The summed E-state index contributed by atoms with van der Waals surface area (Å²) in [5.41, 5.74) is 8.23. The van der Waals surface area contributed by atoms with Crippen LogP contribution in [0.25, 0.3) is 0 Å². The third-order valence-electron chi connectivity index (χ3n) is 3.47. The molecule has 1 heterocycles. The molecular formula is C15H13ClFN3O. The molecule has 0 saturated heterocycles. The minimum absolute atomic E-state index is 0.103. The van der Waals surface area contributed by atoms with Gasteiger partial charge in [0.15, 0.2) is 0 Å². The van der Waals surface area contributed by atoms with Crippen LogP contribution in [0.15, 0.2) is 41.5 Å². The zero-order chi connectivity index (χ0) is 15.0. The molecule has 4 N–H and O–H groups in total. The van der Waals surface area contributed by atoms with Crippen LogP contribution >= 0.6 is 11.6 Å². The standard InChI is InChI=1S/C15H13ClFN3O/c16-11-5-10-6-13(21-14(10)7-12(11)17)8-2-1-3-9(4-8)15(18)20-19/h1-5,7,13H,6,19H2,(H2,18,20). The van der Waals surface area contributed by atoms with Crippen LogP contribution in [0.5, 0.6) is 5.75 Å². The summed E-state index contributed by atoms with van der Waals surface area (Å²) in [6.07, 6.45) is 0.418. The molecule has 3 rings (SSSR count). The fourth-order valence-electron chi connectivity index (χ4n) is 2.39. The lowest BCUT2D eigenvalue weighted by Crippen LogP contribution is -2.16. The van der Waals surface area contributed by atoms with Gasteiger partial charge in [0, 0.05) is 18.1 Å². The Balaban J connectivity index is 1.91. The van der Waals surface area contributed by atoms with Gasteiger partial charge in [0.2, 0.25) is 0 Å². The minimum Gasteiger partial charge on any atom is -0.485 e. The Morgan fingerprint density at radius 2 is 2.14 bits per heavy atom. The van der Waals surface area contributed by atoms with Gasteiger partial charge in [-0.2, -0.15) is 5.10 Å². The van der Waals surface area contributed by atoms with Crippen molar-refractivity contribution < 1.29 is 9.13 Å². The first-order valence-corrected chi connectivity index (χ1v) is 6.74. The summed E-state index contributed by atoms with van der Waals surface area (Å²) in [7, 11) is 0. The van der Waals surface area contributed by atoms with Crippen molar-refractivity contribution in [1.82, 2.24) is 0 Å². The van der Waals surface area contributed by atoms with Crippen LogP contribution < -0.4 is 16.3 Å². The number of rotatable bonds is 2. The van der Waals surface area contributed by atoms with E-state index in [9.17, 15) is 4.39 Å². The predicted molar refractivity (Wildman–Crippen MR) is 79.8 cm³/mol. The van der Waals surface area contributed by atoms with E-state index >= 15 is 0 Å². The second kappa shape index (κ2) is 5.26. The first-order chi connectivity index (χ1) is 10.1. The molecule has 2 aromatic carbocycles. The van der Waals surface area contributed by atoms with Crippen LogP contribution in [0.1, 0.15) is 22.8 Å². The highest BCUT2D eigenvalue weighted by Gasteiger charge is 2.26. The maximum Gasteiger partial charge on any atom is 0.150 e. The Morgan fingerprint density at radius 1 is 1.33 bits per heavy atom. The highest BCUT2D eigenvalue weighted by molar-refractivity contribution is 6.30. The van der Waals surface area contributed by atoms with Crippen molar-refractivity contribution >= 4 is 17.4 Å². The van der Waals surface area contributed by atoms with Gasteiger partial charge in [0.25, 0.3) is 0 Å². The predicted octanol–water partition coefficient (Wildman–Crippen LogP) is 2.73. The number of hydrogen-bond acceptors (Lipinski definition) is 3. The molecule has 108 valence electrons. The topological polar surface area (TPSA) is 73.6 Å². The molecule has 1 unspecified atom stereocenters. The van der Waals surface area contributed by atoms with Crippen LogP contribution in [-0.4, -0.2) is 5.84 Å². The number of hydrogen-bond donors (Lipinski definition) is 2. The van der Waals surface area contributed by atoms with E-state index in [0.29, 0.717) is 12.2 Å². The van der Waals surface area contributed by atoms with E-state index in [2.05, 4.69) is 5.10 Å². The molecule has 6 heteroatoms. The van der Waals surface area contributed by atoms with Crippen molar-refractivity contribution in [1.29, 1.82) is 0 Å². The van der Waals surface area contributed by atoms with Gasteiger partial charge in [0.05, 0.1) is 5.02 Å². The molecule has 1 aliphatic heterocycles. The Hall–Kier alpha value is -2.27. The van der Waals surface area contributed by atoms with Gasteiger partial charge in [-0.15, -0.1) is 0 Å². The van der Waals surface area contributed by atoms with E-state index in [-0.39, 0.29) is 17.0 Å². The van der Waals surface area contributed by atoms with E-state index in [0.717, 1.165) is 16.7 Å². The first kappa shape index (κ1) is 13.7. The fourth-order valence-corrected chi connectivity index (χ4v) is 2.58. The Bertz CT molecular complexity index is 702. The van der Waals surface area contributed by atoms with Crippen LogP contribution in [0.4, 0.5) is 4.39 Å². The molecular weight excluding hydrogens is 293 g/mol. The lowest BCUT2D eigenvalue weighted by molar-refractivity contribution is 0.238. The summed E-state index contributed by atoms with van der Waals surface area (Å²) in [5, 5.41) is 3.58. The van der Waals surface area contributed by atoms with Crippen molar-refractivity contribution in [2.45, 2.75) is 12.5 Å². The molecule has 0 aromatic heterocycles. The van der Waals surface area contributed by atoms with Crippen LogP contribution in [0.3, 0.4) is 0 Å². The monoisotopic (exact) mass is 305 g/mol. The number of hydrazone groups is 1. The van der Waals surface area contributed by atoms with Crippen molar-refractivity contribution in [2.24, 2.45) is 16.7 Å². The third-order valence-corrected chi connectivity index (χ3v) is 3.76. The molecule has 0 aliphatic carbocycles. The lowest BCUT2D eigenvalue weighted by atomic mass is 10.0. The summed E-state index contributed by atoms with van der Waals surface area (Å²) in [6.45, 7) is 0. The van der Waals surface area contributed by atoms with Gasteiger partial charge >= 0.3 is 0 Å². The van der Waals surface area contributed by atoms with Gasteiger partial charge in [-0.3, -0.25) is 0 Å². The first-order valence-electron chi connectivity index (χ1n) is 6.36. The maximum atomic E-state index is 13.5. The minimum atomic E-state index is -0.482. The smallest absolute Gasteiger partial charge is 0.150 e. The van der Waals surface area contributed by atoms with Crippen molar-refractivity contribution in [3.8, 4) is 5.75 Å². The number of benzene rings is 2. The second-order valence-corrected chi connectivity index (χ2v) is 5.23. The summed E-state index contributed by atoms with van der Waals surface area (Å²) < 4.78 is 19.2. The van der Waals surface area contributed by atoms with Gasteiger partial charge < -0.3 is 16.3 Å². The van der Waals surface area contributed by atoms with Crippen LogP contribution in [-0.2, 0) is 6.42 Å². The number of nitrogens with zero attached hydrogens (tertiary/aromatic N) is 1. The normalized spacial score (nSPS) is 17.4. The molecule has 0 amide bonds. The van der Waals surface area contributed by atoms with Crippen LogP contribution in [0.2, 0.25) is 5.02 Å². The van der Waals surface area contributed by atoms with E-state index in [4.69, 9.17) is 27.9 Å². The molecule has 4 nitrogen and oxygen atoms in total. The number of halogens is 2. The summed E-state index contributed by atoms with van der Waals surface area (Å²) in [6, 6.07) is 10.4. The maximum absolute atomic E-state index is 13.5. The SMILES string of the molecule is N/N=C(\N)c1cccc(C2Cc3cc(Cl)c(F)cc3O2)c1. The lowest BCUT2D eigenvalue weighted by Gasteiger charge is -2.12. The zero-order valence-corrected chi connectivity index (χ0v) is 11.8. The average molecular weight is 306 g/mol. The van der Waals surface area contributed by atoms with E-state index in [1.54, 1.807) is 6.07 Å². The highest BCUT2D eigenvalue weighted by Crippen LogP contribution is 2.39. The van der Waals surface area contributed by atoms with E-state index < -0.39 is 5.82 Å². The fraction of sp³-hybridized carbons (Fsp3) is 0.133. The van der Waals surface area contributed by atoms with E-state index in [1.807, 2.05) is 24.3 Å². The largest absolute Gasteiger partial charge is 0.485 e. The zero-order valence-electron chi connectivity index (χ0n) is 11.0. The molecule has 0 spiro atoms. The summed E-state index contributed by atoms with van der Waals surface area (Å²) >= 11 is 5.79. The number of nitrogens with two attached hydrogens (primary N) is 2. The van der Waals surface area contributed by atoms with Crippen molar-refractivity contribution in [3.05, 3.63) is 63.9 Å². The highest BCUT2D eigenvalue weighted by atomic mass is 35.5. The Labute approximate surface area is 126 Å². The van der Waals surface area contributed by atoms with Crippen molar-refractivity contribution in [2.75, 3.05) is 0 Å². The number of ether oxygens (including phenoxy) is 1. The van der Waals surface area contributed by atoms with Gasteiger partial charge in [-0.05, 0) is 23.3 Å². The molecule has 2 aromatic rings.